The van der Waals surface area contributed by atoms with Gasteiger partial charge in [0.2, 0.25) is 0 Å². The molecule has 0 spiro atoms. The lowest BCUT2D eigenvalue weighted by Gasteiger charge is -2.66. The molecule has 4 saturated carbocycles. The maximum absolute atomic E-state index is 5.71. The van der Waals surface area contributed by atoms with E-state index in [-0.39, 0.29) is 0 Å². The normalized spacial score (nSPS) is 49.1. The lowest BCUT2D eigenvalue weighted by Crippen LogP contribution is -2.56. The molecule has 0 aromatic rings. The minimum Gasteiger partial charge on any atom is -0.271 e. The average Bonchev–Trinajstić information content (AvgIpc) is 2.22. The van der Waals surface area contributed by atoms with Crippen LogP contribution in [0.5, 0.6) is 0 Å². The smallest absolute Gasteiger partial charge is 0.0325 e. The van der Waals surface area contributed by atoms with Gasteiger partial charge in [-0.2, -0.15) is 0 Å². The van der Waals surface area contributed by atoms with Crippen molar-refractivity contribution in [3.8, 4) is 12.3 Å². The van der Waals surface area contributed by atoms with Crippen molar-refractivity contribution < 1.29 is 0 Å². The third-order valence-corrected chi connectivity index (χ3v) is 6.02. The molecule has 0 saturated heterocycles. The number of rotatable bonds is 4. The summed E-state index contributed by atoms with van der Waals surface area (Å²) >= 11 is 0. The first-order valence-corrected chi connectivity index (χ1v) is 7.80. The van der Waals surface area contributed by atoms with Gasteiger partial charge in [0.25, 0.3) is 0 Å². The topological polar surface area (TPSA) is 38.0 Å². The van der Waals surface area contributed by atoms with E-state index in [2.05, 4.69) is 25.2 Å². The standard InChI is InChI=1S/C17H28N2/c1-4-5-14(19-18)9-17-8-13-6-15(2,11-17)10-16(3,7-13)12-17/h1,13-14,19H,5-12,18H2,2-3H3. The third-order valence-electron chi connectivity index (χ3n) is 6.02. The second kappa shape index (κ2) is 4.24. The minimum atomic E-state index is 0.299. The highest BCUT2D eigenvalue weighted by molar-refractivity contribution is 5.11. The van der Waals surface area contributed by atoms with Crippen LogP contribution in [0.1, 0.15) is 65.2 Å². The highest BCUT2D eigenvalue weighted by Gasteiger charge is 2.59. The van der Waals surface area contributed by atoms with Gasteiger partial charge in [-0.15, -0.1) is 12.3 Å². The van der Waals surface area contributed by atoms with Crippen LogP contribution in [0, 0.1) is 34.5 Å². The molecule has 2 heteroatoms. The number of nitrogens with one attached hydrogen (secondary N) is 1. The molecule has 0 aromatic heterocycles. The third kappa shape index (κ3) is 2.32. The first kappa shape index (κ1) is 13.5. The van der Waals surface area contributed by atoms with E-state index in [9.17, 15) is 0 Å². The second-order valence-electron chi connectivity index (χ2n) is 8.61. The molecular formula is C17H28N2. The lowest BCUT2D eigenvalue weighted by molar-refractivity contribution is -0.150. The van der Waals surface area contributed by atoms with Crippen molar-refractivity contribution in [1.29, 1.82) is 0 Å². The van der Waals surface area contributed by atoms with E-state index in [1.54, 1.807) is 0 Å². The summed E-state index contributed by atoms with van der Waals surface area (Å²) in [5.74, 6) is 9.44. The van der Waals surface area contributed by atoms with Gasteiger partial charge in [0.15, 0.2) is 0 Å². The molecule has 4 bridgehead atoms. The van der Waals surface area contributed by atoms with Crippen LogP contribution in [0.25, 0.3) is 0 Å². The van der Waals surface area contributed by atoms with E-state index in [0.29, 0.717) is 22.3 Å². The number of hydrogen-bond acceptors (Lipinski definition) is 2. The molecule has 0 heterocycles. The van der Waals surface area contributed by atoms with Crippen molar-refractivity contribution in [2.24, 2.45) is 28.0 Å². The van der Waals surface area contributed by atoms with E-state index in [0.717, 1.165) is 12.3 Å². The summed E-state index contributed by atoms with van der Waals surface area (Å²) in [6.07, 6.45) is 16.0. The summed E-state index contributed by atoms with van der Waals surface area (Å²) in [7, 11) is 0. The monoisotopic (exact) mass is 260 g/mol. The van der Waals surface area contributed by atoms with Gasteiger partial charge in [0, 0.05) is 12.5 Å². The van der Waals surface area contributed by atoms with Crippen LogP contribution >= 0.6 is 0 Å². The molecule has 0 amide bonds. The summed E-state index contributed by atoms with van der Waals surface area (Å²) in [4.78, 5) is 0. The van der Waals surface area contributed by atoms with Crippen LogP contribution in [-0.4, -0.2) is 6.04 Å². The molecule has 3 N–H and O–H groups in total. The molecule has 2 nitrogen and oxygen atoms in total. The molecular weight excluding hydrogens is 232 g/mol. The molecule has 4 aliphatic carbocycles. The maximum Gasteiger partial charge on any atom is 0.0325 e. The SMILES string of the molecule is C#CCC(CC12CC3CC(C)(CC(C)(C3)C1)C2)NN. The second-order valence-corrected chi connectivity index (χ2v) is 8.61. The minimum absolute atomic E-state index is 0.299. The zero-order valence-electron chi connectivity index (χ0n) is 12.5. The summed E-state index contributed by atoms with van der Waals surface area (Å²) in [5, 5.41) is 0. The summed E-state index contributed by atoms with van der Waals surface area (Å²) in [6, 6.07) is 0.299. The van der Waals surface area contributed by atoms with Crippen LogP contribution < -0.4 is 11.3 Å². The van der Waals surface area contributed by atoms with Gasteiger partial charge in [-0.3, -0.25) is 11.3 Å². The van der Waals surface area contributed by atoms with Gasteiger partial charge in [-0.25, -0.2) is 0 Å². The van der Waals surface area contributed by atoms with Crippen LogP contribution in [0.4, 0.5) is 0 Å². The van der Waals surface area contributed by atoms with Crippen LogP contribution in [-0.2, 0) is 0 Å². The lowest BCUT2D eigenvalue weighted by atomic mass is 9.39. The van der Waals surface area contributed by atoms with E-state index in [1.807, 2.05) is 0 Å². The van der Waals surface area contributed by atoms with Crippen molar-refractivity contribution >= 4 is 0 Å². The molecule has 106 valence electrons. The van der Waals surface area contributed by atoms with Crippen molar-refractivity contribution in [2.45, 2.75) is 71.3 Å². The van der Waals surface area contributed by atoms with Crippen LogP contribution in [0.3, 0.4) is 0 Å². The fraction of sp³-hybridized carbons (Fsp3) is 0.882. The molecule has 19 heavy (non-hydrogen) atoms. The summed E-state index contributed by atoms with van der Waals surface area (Å²) in [6.45, 7) is 5.05. The summed E-state index contributed by atoms with van der Waals surface area (Å²) in [5.41, 5.74) is 4.64. The highest BCUT2D eigenvalue weighted by atomic mass is 15.2. The predicted octanol–water partition coefficient (Wildman–Crippen LogP) is 3.23. The molecule has 0 aliphatic heterocycles. The number of hydrogen-bond donors (Lipinski definition) is 2. The largest absolute Gasteiger partial charge is 0.271 e. The van der Waals surface area contributed by atoms with E-state index >= 15 is 0 Å². The Hall–Kier alpha value is -0.520. The fourth-order valence-corrected chi connectivity index (χ4v) is 6.77. The van der Waals surface area contributed by atoms with Gasteiger partial charge in [0.1, 0.15) is 0 Å². The molecule has 4 aliphatic rings. The van der Waals surface area contributed by atoms with Crippen LogP contribution in [0.15, 0.2) is 0 Å². The molecule has 4 rings (SSSR count). The quantitative estimate of drug-likeness (QED) is 0.463. The van der Waals surface area contributed by atoms with E-state index < -0.39 is 0 Å². The Kier molecular flexibility index (Phi) is 3.00. The number of terminal acetylenes is 1. The fourth-order valence-electron chi connectivity index (χ4n) is 6.77. The average molecular weight is 260 g/mol. The molecule has 0 aromatic carbocycles. The zero-order chi connectivity index (χ0) is 13.7. The van der Waals surface area contributed by atoms with Gasteiger partial charge in [0.05, 0.1) is 0 Å². The Morgan fingerprint density at radius 3 is 2.32 bits per heavy atom. The Bertz CT molecular complexity index is 390. The molecule has 0 radical (unpaired) electrons. The Morgan fingerprint density at radius 2 is 1.84 bits per heavy atom. The number of nitrogens with two attached hydrogens (primary N) is 1. The molecule has 4 fully saturated rings. The molecule has 3 unspecified atom stereocenters. The van der Waals surface area contributed by atoms with Gasteiger partial charge < -0.3 is 0 Å². The Labute approximate surface area is 117 Å². The maximum atomic E-state index is 5.71. The first-order valence-electron chi connectivity index (χ1n) is 7.80. The first-order chi connectivity index (χ1) is 8.90. The molecule has 3 atom stereocenters. The van der Waals surface area contributed by atoms with E-state index in [4.69, 9.17) is 12.3 Å². The van der Waals surface area contributed by atoms with Gasteiger partial charge in [-0.1, -0.05) is 13.8 Å². The van der Waals surface area contributed by atoms with Crippen LogP contribution in [0.2, 0.25) is 0 Å². The Balaban J connectivity index is 1.82. The van der Waals surface area contributed by atoms with Gasteiger partial charge >= 0.3 is 0 Å². The van der Waals surface area contributed by atoms with E-state index in [1.165, 1.54) is 44.9 Å². The highest BCUT2D eigenvalue weighted by Crippen LogP contribution is 2.70. The van der Waals surface area contributed by atoms with Gasteiger partial charge in [-0.05, 0) is 67.1 Å². The van der Waals surface area contributed by atoms with Crippen molar-refractivity contribution in [3.05, 3.63) is 0 Å². The summed E-state index contributed by atoms with van der Waals surface area (Å²) < 4.78 is 0. The van der Waals surface area contributed by atoms with Crippen molar-refractivity contribution in [3.63, 3.8) is 0 Å². The number of hydrazine groups is 1. The zero-order valence-corrected chi connectivity index (χ0v) is 12.5. The van der Waals surface area contributed by atoms with Crippen molar-refractivity contribution in [2.75, 3.05) is 0 Å². The predicted molar refractivity (Wildman–Crippen MR) is 79.0 cm³/mol. The Morgan fingerprint density at radius 1 is 1.21 bits per heavy atom. The van der Waals surface area contributed by atoms with Crippen molar-refractivity contribution in [1.82, 2.24) is 5.43 Å².